The topological polar surface area (TPSA) is 84.9 Å². The molecule has 0 radical (unpaired) electrons. The Balaban J connectivity index is 1.69. The lowest BCUT2D eigenvalue weighted by Gasteiger charge is -2.26. The molecule has 6 nitrogen and oxygen atoms in total. The van der Waals surface area contributed by atoms with E-state index in [2.05, 4.69) is 5.32 Å². The third-order valence-electron chi connectivity index (χ3n) is 4.34. The van der Waals surface area contributed by atoms with Crippen LogP contribution < -0.4 is 14.8 Å². The van der Waals surface area contributed by atoms with Crippen LogP contribution in [0.1, 0.15) is 31.4 Å². The summed E-state index contributed by atoms with van der Waals surface area (Å²) >= 11 is 0. The van der Waals surface area contributed by atoms with Crippen molar-refractivity contribution < 1.29 is 24.2 Å². The lowest BCUT2D eigenvalue weighted by Crippen LogP contribution is -2.39. The molecule has 1 aromatic carbocycles. The molecule has 1 aliphatic carbocycles. The number of amides is 1. The number of carboxylic acids is 1. The van der Waals surface area contributed by atoms with Crippen molar-refractivity contribution in [3.05, 3.63) is 35.9 Å². The number of benzene rings is 1. The second-order valence-corrected chi connectivity index (χ2v) is 5.84. The molecular formula is C17H19NO5. The van der Waals surface area contributed by atoms with Gasteiger partial charge in [0.25, 0.3) is 0 Å². The quantitative estimate of drug-likeness (QED) is 0.832. The zero-order valence-corrected chi connectivity index (χ0v) is 12.8. The molecule has 1 heterocycles. The highest BCUT2D eigenvalue weighted by Gasteiger charge is 2.34. The van der Waals surface area contributed by atoms with E-state index >= 15 is 0 Å². The van der Waals surface area contributed by atoms with Crippen molar-refractivity contribution in [2.45, 2.75) is 25.8 Å². The molecule has 0 spiro atoms. The highest BCUT2D eigenvalue weighted by atomic mass is 16.7. The monoisotopic (exact) mass is 317 g/mol. The number of carbonyl (C=O) groups excluding carboxylic acids is 1. The zero-order chi connectivity index (χ0) is 16.4. The average molecular weight is 317 g/mol. The fourth-order valence-electron chi connectivity index (χ4n) is 2.96. The Bertz CT molecular complexity index is 654. The first kappa shape index (κ1) is 15.4. The molecule has 1 aromatic rings. The maximum Gasteiger partial charge on any atom is 0.307 e. The van der Waals surface area contributed by atoms with E-state index in [9.17, 15) is 14.7 Å². The van der Waals surface area contributed by atoms with E-state index in [1.54, 1.807) is 0 Å². The number of nitrogens with one attached hydrogen (secondary N) is 1. The van der Waals surface area contributed by atoms with E-state index in [-0.39, 0.29) is 18.7 Å². The van der Waals surface area contributed by atoms with Crippen LogP contribution in [0.5, 0.6) is 11.5 Å². The number of allylic oxidation sites excluding steroid dienone is 2. The zero-order valence-electron chi connectivity index (χ0n) is 12.8. The first-order valence-corrected chi connectivity index (χ1v) is 7.64. The second-order valence-electron chi connectivity index (χ2n) is 5.84. The molecule has 0 saturated carbocycles. The summed E-state index contributed by atoms with van der Waals surface area (Å²) in [5.74, 6) is -1.00. The largest absolute Gasteiger partial charge is 0.481 e. The number of aliphatic carboxylic acids is 1. The number of carbonyl (C=O) groups is 2. The van der Waals surface area contributed by atoms with Crippen LogP contribution in [0.4, 0.5) is 0 Å². The predicted molar refractivity (Wildman–Crippen MR) is 82.1 cm³/mol. The van der Waals surface area contributed by atoms with Crippen LogP contribution in [-0.2, 0) is 9.59 Å². The van der Waals surface area contributed by atoms with Gasteiger partial charge in [-0.2, -0.15) is 0 Å². The van der Waals surface area contributed by atoms with E-state index in [0.717, 1.165) is 5.56 Å². The molecule has 2 N–H and O–H groups in total. The number of hydrogen-bond donors (Lipinski definition) is 2. The van der Waals surface area contributed by atoms with Gasteiger partial charge in [-0.25, -0.2) is 0 Å². The van der Waals surface area contributed by atoms with Crippen LogP contribution >= 0.6 is 0 Å². The Labute approximate surface area is 134 Å². The van der Waals surface area contributed by atoms with Gasteiger partial charge in [-0.1, -0.05) is 18.2 Å². The molecule has 2 aliphatic rings. The first-order valence-electron chi connectivity index (χ1n) is 7.64. The first-order chi connectivity index (χ1) is 11.1. The normalized spacial score (nSPS) is 23.3. The molecule has 0 saturated heterocycles. The summed E-state index contributed by atoms with van der Waals surface area (Å²) in [5, 5.41) is 12.2. The lowest BCUT2D eigenvalue weighted by atomic mass is 9.82. The highest BCUT2D eigenvalue weighted by Crippen LogP contribution is 2.34. The molecule has 122 valence electrons. The van der Waals surface area contributed by atoms with Gasteiger partial charge < -0.3 is 19.9 Å². The minimum Gasteiger partial charge on any atom is -0.481 e. The Morgan fingerprint density at radius 3 is 2.61 bits per heavy atom. The Hall–Kier alpha value is -2.50. The van der Waals surface area contributed by atoms with Crippen molar-refractivity contribution in [1.82, 2.24) is 5.32 Å². The van der Waals surface area contributed by atoms with Crippen molar-refractivity contribution in [2.75, 3.05) is 6.79 Å². The lowest BCUT2D eigenvalue weighted by molar-refractivity contribution is -0.147. The van der Waals surface area contributed by atoms with E-state index < -0.39 is 17.8 Å². The summed E-state index contributed by atoms with van der Waals surface area (Å²) in [4.78, 5) is 23.8. The number of rotatable bonds is 4. The van der Waals surface area contributed by atoms with Crippen molar-refractivity contribution in [1.29, 1.82) is 0 Å². The van der Waals surface area contributed by atoms with Crippen molar-refractivity contribution in [3.63, 3.8) is 0 Å². The van der Waals surface area contributed by atoms with Gasteiger partial charge in [-0.05, 0) is 37.5 Å². The molecule has 0 unspecified atom stereocenters. The Kier molecular flexibility index (Phi) is 4.23. The standard InChI is InChI=1S/C17H19NO5/c1-10(11-6-7-14-15(8-11)23-9-22-14)18-16(19)12-4-2-3-5-13(12)17(20)21/h2-3,6-8,10,12-13H,4-5,9H2,1H3,(H,18,19)(H,20,21)/t10-,12-,13+/m0/s1. The fourth-order valence-corrected chi connectivity index (χ4v) is 2.96. The second kappa shape index (κ2) is 6.32. The summed E-state index contributed by atoms with van der Waals surface area (Å²) < 4.78 is 10.6. The molecule has 1 aliphatic heterocycles. The van der Waals surface area contributed by atoms with E-state index in [1.807, 2.05) is 37.3 Å². The molecule has 0 fully saturated rings. The summed E-state index contributed by atoms with van der Waals surface area (Å²) in [6.07, 6.45) is 4.54. The van der Waals surface area contributed by atoms with Crippen molar-refractivity contribution in [2.24, 2.45) is 11.8 Å². The molecule has 6 heteroatoms. The molecule has 1 amide bonds. The van der Waals surface area contributed by atoms with Crippen LogP contribution in [0, 0.1) is 11.8 Å². The summed E-state index contributed by atoms with van der Waals surface area (Å²) in [7, 11) is 0. The fraction of sp³-hybridized carbons (Fsp3) is 0.412. The minimum atomic E-state index is -0.926. The summed E-state index contributed by atoms with van der Waals surface area (Å²) in [6.45, 7) is 2.07. The third-order valence-corrected chi connectivity index (χ3v) is 4.34. The molecule has 3 rings (SSSR count). The van der Waals surface area contributed by atoms with Gasteiger partial charge in [0.1, 0.15) is 0 Å². The highest BCUT2D eigenvalue weighted by molar-refractivity contribution is 5.85. The van der Waals surface area contributed by atoms with E-state index in [0.29, 0.717) is 24.3 Å². The SMILES string of the molecule is C[C@H](NC(=O)[C@H]1CC=CC[C@H]1C(=O)O)c1ccc2c(c1)OCO2. The van der Waals surface area contributed by atoms with Crippen LogP contribution in [0.3, 0.4) is 0 Å². The number of hydrogen-bond acceptors (Lipinski definition) is 4. The maximum atomic E-state index is 12.5. The molecule has 0 bridgehead atoms. The van der Waals surface area contributed by atoms with Crippen molar-refractivity contribution in [3.8, 4) is 11.5 Å². The Morgan fingerprint density at radius 2 is 1.87 bits per heavy atom. The number of carboxylic acid groups (broad SMARTS) is 1. The van der Waals surface area contributed by atoms with E-state index in [1.165, 1.54) is 0 Å². The predicted octanol–water partition coefficient (Wildman–Crippen LogP) is 2.26. The van der Waals surface area contributed by atoms with Gasteiger partial charge in [0.15, 0.2) is 11.5 Å². The number of fused-ring (bicyclic) bond motifs is 1. The maximum absolute atomic E-state index is 12.5. The average Bonchev–Trinajstić information content (AvgIpc) is 3.02. The molecule has 23 heavy (non-hydrogen) atoms. The Morgan fingerprint density at radius 1 is 1.17 bits per heavy atom. The van der Waals surface area contributed by atoms with E-state index in [4.69, 9.17) is 9.47 Å². The van der Waals surface area contributed by atoms with Gasteiger partial charge in [0.05, 0.1) is 17.9 Å². The minimum absolute atomic E-state index is 0.203. The molecule has 3 atom stereocenters. The van der Waals surface area contributed by atoms with Crippen LogP contribution in [0.2, 0.25) is 0 Å². The van der Waals surface area contributed by atoms with Gasteiger partial charge in [0, 0.05) is 0 Å². The molecular weight excluding hydrogens is 298 g/mol. The smallest absolute Gasteiger partial charge is 0.307 e. The van der Waals surface area contributed by atoms with Crippen LogP contribution in [-0.4, -0.2) is 23.8 Å². The van der Waals surface area contributed by atoms with Crippen LogP contribution in [0.15, 0.2) is 30.4 Å². The molecule has 0 aromatic heterocycles. The van der Waals surface area contributed by atoms with Gasteiger partial charge >= 0.3 is 5.97 Å². The van der Waals surface area contributed by atoms with Gasteiger partial charge in [-0.15, -0.1) is 0 Å². The summed E-state index contributed by atoms with van der Waals surface area (Å²) in [5.41, 5.74) is 0.890. The van der Waals surface area contributed by atoms with Crippen LogP contribution in [0.25, 0.3) is 0 Å². The van der Waals surface area contributed by atoms with Gasteiger partial charge in [0.2, 0.25) is 12.7 Å². The third kappa shape index (κ3) is 3.16. The number of ether oxygens (including phenoxy) is 2. The summed E-state index contributed by atoms with van der Waals surface area (Å²) in [6, 6.07) is 5.28. The van der Waals surface area contributed by atoms with Gasteiger partial charge in [-0.3, -0.25) is 9.59 Å². The van der Waals surface area contributed by atoms with Crippen molar-refractivity contribution >= 4 is 11.9 Å².